The lowest BCUT2D eigenvalue weighted by molar-refractivity contribution is -0.124. The van der Waals surface area contributed by atoms with Crippen LogP contribution in [0.25, 0.3) is 0 Å². The average Bonchev–Trinajstić information content (AvgIpc) is 1.97. The molecular weight excluding hydrogens is 150 g/mol. The Morgan fingerprint density at radius 3 is 2.25 bits per heavy atom. The molecule has 12 heavy (non-hydrogen) atoms. The van der Waals surface area contributed by atoms with Crippen LogP contribution in [-0.4, -0.2) is 12.5 Å². The van der Waals surface area contributed by atoms with Crippen LogP contribution in [0, 0.1) is 11.3 Å². The second-order valence-corrected chi connectivity index (χ2v) is 4.59. The molecule has 0 fully saturated rings. The van der Waals surface area contributed by atoms with Gasteiger partial charge < -0.3 is 5.32 Å². The summed E-state index contributed by atoms with van der Waals surface area (Å²) < 4.78 is 0. The molecule has 1 atom stereocenters. The Balaban J connectivity index is 3.72. The lowest BCUT2D eigenvalue weighted by Gasteiger charge is -2.20. The minimum Gasteiger partial charge on any atom is -0.355 e. The van der Waals surface area contributed by atoms with Crippen LogP contribution >= 0.6 is 0 Å². The molecule has 1 N–H and O–H groups in total. The van der Waals surface area contributed by atoms with E-state index in [1.165, 1.54) is 0 Å². The molecule has 2 heteroatoms. The van der Waals surface area contributed by atoms with Crippen LogP contribution in [0.2, 0.25) is 0 Å². The maximum atomic E-state index is 11.3. The van der Waals surface area contributed by atoms with Gasteiger partial charge in [-0.05, 0) is 11.8 Å². The minimum atomic E-state index is 0.146. The highest BCUT2D eigenvalue weighted by Gasteiger charge is 2.14. The van der Waals surface area contributed by atoms with Gasteiger partial charge in [-0.25, -0.2) is 0 Å². The predicted molar refractivity (Wildman–Crippen MR) is 51.9 cm³/mol. The highest BCUT2D eigenvalue weighted by atomic mass is 16.1. The molecule has 0 aromatic rings. The molecule has 0 heterocycles. The summed E-state index contributed by atoms with van der Waals surface area (Å²) in [6.45, 7) is 11.1. The maximum Gasteiger partial charge on any atom is 0.222 e. The number of hydrogen-bond donors (Lipinski definition) is 1. The van der Waals surface area contributed by atoms with E-state index in [2.05, 4.69) is 26.1 Å². The van der Waals surface area contributed by atoms with Crippen LogP contribution in [-0.2, 0) is 4.79 Å². The highest BCUT2D eigenvalue weighted by molar-refractivity contribution is 5.78. The number of rotatable bonds is 3. The van der Waals surface area contributed by atoms with Crippen LogP contribution < -0.4 is 5.32 Å². The molecule has 0 radical (unpaired) electrons. The summed E-state index contributed by atoms with van der Waals surface area (Å²) in [5.41, 5.74) is 0.184. The van der Waals surface area contributed by atoms with Crippen LogP contribution in [0.15, 0.2) is 0 Å². The van der Waals surface area contributed by atoms with Gasteiger partial charge in [0.1, 0.15) is 0 Å². The van der Waals surface area contributed by atoms with Gasteiger partial charge in [0.05, 0.1) is 0 Å². The van der Waals surface area contributed by atoms with Gasteiger partial charge >= 0.3 is 0 Å². The molecule has 1 amide bonds. The van der Waals surface area contributed by atoms with E-state index >= 15 is 0 Å². The fourth-order valence-corrected chi connectivity index (χ4v) is 0.712. The summed E-state index contributed by atoms with van der Waals surface area (Å²) in [4.78, 5) is 11.3. The number of amides is 1. The first kappa shape index (κ1) is 11.5. The molecule has 72 valence electrons. The monoisotopic (exact) mass is 171 g/mol. The molecule has 0 bridgehead atoms. The van der Waals surface area contributed by atoms with E-state index in [-0.39, 0.29) is 17.2 Å². The summed E-state index contributed by atoms with van der Waals surface area (Å²) >= 11 is 0. The Bertz CT molecular complexity index is 146. The van der Waals surface area contributed by atoms with Crippen LogP contribution in [0.5, 0.6) is 0 Å². The van der Waals surface area contributed by atoms with E-state index in [4.69, 9.17) is 0 Å². The first-order valence-electron chi connectivity index (χ1n) is 4.64. The van der Waals surface area contributed by atoms with Crippen molar-refractivity contribution in [2.45, 2.75) is 41.0 Å². The smallest absolute Gasteiger partial charge is 0.222 e. The third-order valence-corrected chi connectivity index (χ3v) is 1.85. The standard InChI is InChI=1S/C10H21NO/c1-6-8(2)9(12)11-7-10(3,4)5/h8H,6-7H2,1-5H3,(H,11,12). The molecule has 0 aliphatic carbocycles. The second kappa shape index (κ2) is 4.48. The van der Waals surface area contributed by atoms with Crippen molar-refractivity contribution in [1.29, 1.82) is 0 Å². The Kier molecular flexibility index (Phi) is 4.29. The fourth-order valence-electron chi connectivity index (χ4n) is 0.712. The van der Waals surface area contributed by atoms with Crippen molar-refractivity contribution in [2.75, 3.05) is 6.54 Å². The average molecular weight is 171 g/mol. The third kappa shape index (κ3) is 5.16. The van der Waals surface area contributed by atoms with Crippen LogP contribution in [0.3, 0.4) is 0 Å². The van der Waals surface area contributed by atoms with Crippen molar-refractivity contribution >= 4 is 5.91 Å². The van der Waals surface area contributed by atoms with E-state index in [1.807, 2.05) is 13.8 Å². The van der Waals surface area contributed by atoms with E-state index in [0.29, 0.717) is 0 Å². The van der Waals surface area contributed by atoms with E-state index in [9.17, 15) is 4.79 Å². The first-order chi connectivity index (χ1) is 5.37. The van der Waals surface area contributed by atoms with Crippen molar-refractivity contribution < 1.29 is 4.79 Å². The highest BCUT2D eigenvalue weighted by Crippen LogP contribution is 2.11. The Labute approximate surface area is 75.7 Å². The van der Waals surface area contributed by atoms with Crippen molar-refractivity contribution in [3.8, 4) is 0 Å². The Morgan fingerprint density at radius 2 is 1.92 bits per heavy atom. The van der Waals surface area contributed by atoms with E-state index < -0.39 is 0 Å². The van der Waals surface area contributed by atoms with Gasteiger partial charge in [-0.15, -0.1) is 0 Å². The van der Waals surface area contributed by atoms with Gasteiger partial charge in [-0.2, -0.15) is 0 Å². The number of nitrogens with one attached hydrogen (secondary N) is 1. The minimum absolute atomic E-state index is 0.146. The summed E-state index contributed by atoms with van der Waals surface area (Å²) in [5, 5.41) is 2.93. The molecule has 0 saturated heterocycles. The molecule has 0 aliphatic rings. The molecule has 0 rings (SSSR count). The summed E-state index contributed by atoms with van der Waals surface area (Å²) in [6, 6.07) is 0. The molecule has 2 nitrogen and oxygen atoms in total. The quantitative estimate of drug-likeness (QED) is 0.693. The lowest BCUT2D eigenvalue weighted by atomic mass is 9.96. The van der Waals surface area contributed by atoms with Crippen LogP contribution in [0.1, 0.15) is 41.0 Å². The van der Waals surface area contributed by atoms with Gasteiger partial charge in [-0.1, -0.05) is 34.6 Å². The maximum absolute atomic E-state index is 11.3. The largest absolute Gasteiger partial charge is 0.355 e. The Hall–Kier alpha value is -0.530. The topological polar surface area (TPSA) is 29.1 Å². The molecule has 1 unspecified atom stereocenters. The van der Waals surface area contributed by atoms with E-state index in [1.54, 1.807) is 0 Å². The zero-order chi connectivity index (χ0) is 9.78. The second-order valence-electron chi connectivity index (χ2n) is 4.59. The number of hydrogen-bond acceptors (Lipinski definition) is 1. The zero-order valence-corrected chi connectivity index (χ0v) is 8.90. The molecule has 0 saturated carbocycles. The molecule has 0 aliphatic heterocycles. The van der Waals surface area contributed by atoms with E-state index in [0.717, 1.165) is 13.0 Å². The predicted octanol–water partition coefficient (Wildman–Crippen LogP) is 2.19. The van der Waals surface area contributed by atoms with Gasteiger partial charge in [-0.3, -0.25) is 4.79 Å². The van der Waals surface area contributed by atoms with Crippen LogP contribution in [0.4, 0.5) is 0 Å². The molecule has 0 aromatic carbocycles. The Morgan fingerprint density at radius 1 is 1.42 bits per heavy atom. The fraction of sp³-hybridized carbons (Fsp3) is 0.900. The normalized spacial score (nSPS) is 14.1. The summed E-state index contributed by atoms with van der Waals surface area (Å²) in [6.07, 6.45) is 0.913. The molecule has 0 spiro atoms. The zero-order valence-electron chi connectivity index (χ0n) is 8.90. The third-order valence-electron chi connectivity index (χ3n) is 1.85. The van der Waals surface area contributed by atoms with Crippen molar-refractivity contribution in [1.82, 2.24) is 5.32 Å². The summed E-state index contributed by atoms with van der Waals surface area (Å²) in [7, 11) is 0. The molecule has 0 aromatic heterocycles. The summed E-state index contributed by atoms with van der Waals surface area (Å²) in [5.74, 6) is 0.319. The van der Waals surface area contributed by atoms with Gasteiger partial charge in [0.15, 0.2) is 0 Å². The molecular formula is C10H21NO. The lowest BCUT2D eigenvalue weighted by Crippen LogP contribution is -2.35. The SMILES string of the molecule is CCC(C)C(=O)NCC(C)(C)C. The first-order valence-corrected chi connectivity index (χ1v) is 4.64. The number of carbonyl (C=O) groups excluding carboxylic acids is 1. The van der Waals surface area contributed by atoms with Gasteiger partial charge in [0, 0.05) is 12.5 Å². The van der Waals surface area contributed by atoms with Crippen molar-refractivity contribution in [2.24, 2.45) is 11.3 Å². The van der Waals surface area contributed by atoms with Crippen molar-refractivity contribution in [3.63, 3.8) is 0 Å². The van der Waals surface area contributed by atoms with Crippen molar-refractivity contribution in [3.05, 3.63) is 0 Å². The number of carbonyl (C=O) groups is 1. The van der Waals surface area contributed by atoms with Gasteiger partial charge in [0.25, 0.3) is 0 Å². The van der Waals surface area contributed by atoms with Gasteiger partial charge in [0.2, 0.25) is 5.91 Å².